The molecule has 1 aliphatic rings. The molecule has 148 valence electrons. The Morgan fingerprint density at radius 3 is 2.65 bits per heavy atom. The van der Waals surface area contributed by atoms with Crippen LogP contribution in [0.2, 0.25) is 0 Å². The molecule has 0 bridgehead atoms. The molecule has 1 aromatic rings. The molecule has 0 saturated carbocycles. The summed E-state index contributed by atoms with van der Waals surface area (Å²) in [6, 6.07) is 2.15. The highest BCUT2D eigenvalue weighted by atomic mass is 32.2. The van der Waals surface area contributed by atoms with E-state index in [0.717, 1.165) is 24.3 Å². The smallest absolute Gasteiger partial charge is 0.214 e. The molecule has 8 nitrogen and oxygen atoms in total. The first-order valence-electron chi connectivity index (χ1n) is 9.26. The third kappa shape index (κ3) is 5.70. The van der Waals surface area contributed by atoms with Crippen LogP contribution in [0.5, 0.6) is 0 Å². The summed E-state index contributed by atoms with van der Waals surface area (Å²) in [6.07, 6.45) is 2.18. The fourth-order valence-electron chi connectivity index (χ4n) is 2.91. The van der Waals surface area contributed by atoms with Crippen molar-refractivity contribution in [2.45, 2.75) is 58.5 Å². The second-order valence-corrected chi connectivity index (χ2v) is 9.02. The zero-order valence-electron chi connectivity index (χ0n) is 16.2. The molecule has 0 radical (unpaired) electrons. The van der Waals surface area contributed by atoms with Crippen LogP contribution in [0.3, 0.4) is 0 Å². The third-order valence-electron chi connectivity index (χ3n) is 4.47. The average Bonchev–Trinajstić information content (AvgIpc) is 3.08. The van der Waals surface area contributed by atoms with Crippen molar-refractivity contribution in [1.29, 1.82) is 0 Å². The third-order valence-corrected chi connectivity index (χ3v) is 6.55. The molecule has 2 N–H and O–H groups in total. The van der Waals surface area contributed by atoms with Crippen LogP contribution in [0, 0.1) is 0 Å². The van der Waals surface area contributed by atoms with E-state index in [4.69, 9.17) is 4.52 Å². The maximum Gasteiger partial charge on any atom is 0.214 e. The van der Waals surface area contributed by atoms with Crippen LogP contribution in [0.15, 0.2) is 15.6 Å². The first-order chi connectivity index (χ1) is 12.4. The number of piperidine rings is 1. The van der Waals surface area contributed by atoms with Gasteiger partial charge in [0.1, 0.15) is 0 Å². The monoisotopic (exact) mass is 385 g/mol. The summed E-state index contributed by atoms with van der Waals surface area (Å²) in [7, 11) is -1.38. The molecular weight excluding hydrogens is 354 g/mol. The Bertz CT molecular complexity index is 691. The number of nitrogens with zero attached hydrogens (tertiary/aromatic N) is 3. The molecule has 9 heteroatoms. The van der Waals surface area contributed by atoms with E-state index in [1.165, 1.54) is 0 Å². The number of hydrogen-bond donors (Lipinski definition) is 2. The van der Waals surface area contributed by atoms with Gasteiger partial charge in [-0.15, -0.1) is 0 Å². The Balaban J connectivity index is 1.80. The summed E-state index contributed by atoms with van der Waals surface area (Å²) in [5, 5.41) is 10.6. The largest absolute Gasteiger partial charge is 0.359 e. The minimum Gasteiger partial charge on any atom is -0.359 e. The number of guanidine groups is 1. The molecule has 1 fully saturated rings. The Kier molecular flexibility index (Phi) is 7.45. The molecular formula is C17H31N5O3S. The van der Waals surface area contributed by atoms with Crippen molar-refractivity contribution < 1.29 is 12.9 Å². The van der Waals surface area contributed by atoms with E-state index >= 15 is 0 Å². The van der Waals surface area contributed by atoms with Crippen molar-refractivity contribution in [3.05, 3.63) is 17.5 Å². The zero-order chi connectivity index (χ0) is 19.2. The molecule has 0 amide bonds. The van der Waals surface area contributed by atoms with Gasteiger partial charge in [0.2, 0.25) is 10.0 Å². The molecule has 2 heterocycles. The first-order valence-corrected chi connectivity index (χ1v) is 10.9. The van der Waals surface area contributed by atoms with Crippen LogP contribution in [-0.2, 0) is 16.6 Å². The second kappa shape index (κ2) is 9.36. The van der Waals surface area contributed by atoms with Gasteiger partial charge in [0.15, 0.2) is 11.7 Å². The highest BCUT2D eigenvalue weighted by molar-refractivity contribution is 7.89. The summed E-state index contributed by atoms with van der Waals surface area (Å²) < 4.78 is 31.2. The van der Waals surface area contributed by atoms with Crippen molar-refractivity contribution in [2.75, 3.05) is 25.9 Å². The van der Waals surface area contributed by atoms with Crippen LogP contribution in [-0.4, -0.2) is 55.8 Å². The molecule has 1 aromatic heterocycles. The molecule has 1 aliphatic heterocycles. The predicted molar refractivity (Wildman–Crippen MR) is 103 cm³/mol. The van der Waals surface area contributed by atoms with Gasteiger partial charge in [-0.1, -0.05) is 25.9 Å². The lowest BCUT2D eigenvalue weighted by Crippen LogP contribution is -2.49. The summed E-state index contributed by atoms with van der Waals surface area (Å²) in [5.74, 6) is 2.00. The van der Waals surface area contributed by atoms with E-state index < -0.39 is 10.0 Å². The molecule has 26 heavy (non-hydrogen) atoms. The fraction of sp³-hybridized carbons (Fsp3) is 0.765. The summed E-state index contributed by atoms with van der Waals surface area (Å²) in [6.45, 7) is 7.64. The molecule has 0 spiro atoms. The molecule has 1 saturated heterocycles. The van der Waals surface area contributed by atoms with E-state index in [9.17, 15) is 8.42 Å². The predicted octanol–water partition coefficient (Wildman–Crippen LogP) is 1.67. The number of rotatable bonds is 7. The van der Waals surface area contributed by atoms with E-state index in [-0.39, 0.29) is 11.8 Å². The molecule has 0 aliphatic carbocycles. The lowest BCUT2D eigenvalue weighted by Gasteiger charge is -2.32. The van der Waals surface area contributed by atoms with Crippen LogP contribution >= 0.6 is 0 Å². The molecule has 0 atom stereocenters. The van der Waals surface area contributed by atoms with E-state index in [1.54, 1.807) is 11.4 Å². The zero-order valence-corrected chi connectivity index (χ0v) is 17.0. The van der Waals surface area contributed by atoms with Crippen molar-refractivity contribution in [1.82, 2.24) is 20.1 Å². The number of sulfonamides is 1. The van der Waals surface area contributed by atoms with Gasteiger partial charge in [-0.05, 0) is 25.2 Å². The van der Waals surface area contributed by atoms with Crippen LogP contribution in [0.1, 0.15) is 57.4 Å². The standard InChI is InChI=1S/C17H31N5O3S/c1-5-10-26(23,24)22-8-6-14(7-9-22)20-17(18-4)19-12-15-11-16(13(2)3)21-25-15/h11,13-14H,5-10,12H2,1-4H3,(H2,18,19,20). The van der Waals surface area contributed by atoms with Crippen molar-refractivity contribution in [2.24, 2.45) is 4.99 Å². The van der Waals surface area contributed by atoms with E-state index in [1.807, 2.05) is 13.0 Å². The quantitative estimate of drug-likeness (QED) is 0.547. The van der Waals surface area contributed by atoms with Gasteiger partial charge < -0.3 is 15.2 Å². The second-order valence-electron chi connectivity index (χ2n) is 6.93. The highest BCUT2D eigenvalue weighted by Gasteiger charge is 2.27. The molecule has 0 aromatic carbocycles. The summed E-state index contributed by atoms with van der Waals surface area (Å²) >= 11 is 0. The normalized spacial score (nSPS) is 17.7. The van der Waals surface area contributed by atoms with Crippen LogP contribution in [0.4, 0.5) is 0 Å². The Morgan fingerprint density at radius 1 is 1.42 bits per heavy atom. The van der Waals surface area contributed by atoms with Crippen LogP contribution < -0.4 is 10.6 Å². The van der Waals surface area contributed by atoms with E-state index in [2.05, 4.69) is 34.6 Å². The molecule has 2 rings (SSSR count). The first kappa shape index (κ1) is 20.7. The van der Waals surface area contributed by atoms with Crippen molar-refractivity contribution in [3.63, 3.8) is 0 Å². The van der Waals surface area contributed by atoms with Gasteiger partial charge in [-0.3, -0.25) is 4.99 Å². The Hall–Kier alpha value is -1.61. The number of hydrogen-bond acceptors (Lipinski definition) is 5. The minimum atomic E-state index is -3.10. The minimum absolute atomic E-state index is 0.204. The fourth-order valence-corrected chi connectivity index (χ4v) is 4.45. The number of nitrogens with one attached hydrogen (secondary N) is 2. The lowest BCUT2D eigenvalue weighted by molar-refractivity contribution is 0.305. The summed E-state index contributed by atoms with van der Waals surface area (Å²) in [5.41, 5.74) is 0.936. The Morgan fingerprint density at radius 2 is 2.12 bits per heavy atom. The maximum absolute atomic E-state index is 12.1. The van der Waals surface area contributed by atoms with Gasteiger partial charge in [0.05, 0.1) is 18.0 Å². The van der Waals surface area contributed by atoms with Gasteiger partial charge in [-0.2, -0.15) is 0 Å². The van der Waals surface area contributed by atoms with Crippen molar-refractivity contribution in [3.8, 4) is 0 Å². The van der Waals surface area contributed by atoms with Gasteiger partial charge in [0, 0.05) is 32.2 Å². The lowest BCUT2D eigenvalue weighted by atomic mass is 10.1. The number of aromatic nitrogens is 1. The topological polar surface area (TPSA) is 99.8 Å². The van der Waals surface area contributed by atoms with E-state index in [0.29, 0.717) is 37.9 Å². The molecule has 0 unspecified atom stereocenters. The van der Waals surface area contributed by atoms with Crippen LogP contribution in [0.25, 0.3) is 0 Å². The van der Waals surface area contributed by atoms with Gasteiger partial charge in [0.25, 0.3) is 0 Å². The van der Waals surface area contributed by atoms with Gasteiger partial charge in [-0.25, -0.2) is 12.7 Å². The van der Waals surface area contributed by atoms with Gasteiger partial charge >= 0.3 is 0 Å². The SMILES string of the molecule is CCCS(=O)(=O)N1CCC(NC(=NC)NCc2cc(C(C)C)no2)CC1. The average molecular weight is 386 g/mol. The van der Waals surface area contributed by atoms with Crippen molar-refractivity contribution >= 4 is 16.0 Å². The summed E-state index contributed by atoms with van der Waals surface area (Å²) in [4.78, 5) is 4.24. The maximum atomic E-state index is 12.1. The Labute approximate surface area is 156 Å². The number of aliphatic imine (C=N–C) groups is 1. The highest BCUT2D eigenvalue weighted by Crippen LogP contribution is 2.16.